The molecular weight excluding hydrogens is 641 g/mol. The molecule has 1 aromatic carbocycles. The minimum atomic E-state index is -4.83. The lowest BCUT2D eigenvalue weighted by Gasteiger charge is -2.56. The van der Waals surface area contributed by atoms with Gasteiger partial charge in [-0.3, -0.25) is 9.11 Å². The van der Waals surface area contributed by atoms with Crippen LogP contribution in [-0.4, -0.2) is 37.6 Å². The van der Waals surface area contributed by atoms with Crippen LogP contribution in [0.4, 0.5) is 0 Å². The van der Waals surface area contributed by atoms with Crippen LogP contribution in [0.15, 0.2) is 12.1 Å². The molecule has 5 aliphatic carbocycles. The van der Waals surface area contributed by atoms with E-state index in [4.69, 9.17) is 13.1 Å². The van der Waals surface area contributed by atoms with Gasteiger partial charge in [0.25, 0.3) is 0 Å². The molecular formula is C36H54O9S2. The zero-order chi connectivity index (χ0) is 34.2. The van der Waals surface area contributed by atoms with E-state index in [2.05, 4.69) is 48.5 Å². The molecule has 5 fully saturated rings. The van der Waals surface area contributed by atoms with E-state index in [0.717, 1.165) is 44.9 Å². The Labute approximate surface area is 281 Å². The third-order valence-electron chi connectivity index (χ3n) is 15.8. The summed E-state index contributed by atoms with van der Waals surface area (Å²) in [6.45, 7) is 16.9. The van der Waals surface area contributed by atoms with Crippen LogP contribution in [0.2, 0.25) is 0 Å². The Morgan fingerprint density at radius 3 is 2.00 bits per heavy atom. The van der Waals surface area contributed by atoms with Crippen LogP contribution in [0.25, 0.3) is 0 Å². The SMILES string of the molecule is CC1(C)CCC[C@]2(C)O[C@H]3CC[C@](C)(C4CC[C@]5(C)C4CC[C@]4(C)c6c(OS(=O)(=O)O)ccc(OS(=O)(=O)O)c6CC54)[C@]3(C)CC[C@@H]12. The van der Waals surface area contributed by atoms with Gasteiger partial charge in [0.1, 0.15) is 11.5 Å². The second-order valence-corrected chi connectivity index (χ2v) is 20.2. The monoisotopic (exact) mass is 694 g/mol. The largest absolute Gasteiger partial charge is 0.446 e. The number of ether oxygens (including phenoxy) is 1. The lowest BCUT2D eigenvalue weighted by Crippen LogP contribution is -2.52. The van der Waals surface area contributed by atoms with Crippen LogP contribution in [0.1, 0.15) is 130 Å². The maximum Gasteiger partial charge on any atom is 0.446 e. The number of hydrogen-bond donors (Lipinski definition) is 2. The first kappa shape index (κ1) is 34.1. The average molecular weight is 695 g/mol. The van der Waals surface area contributed by atoms with Crippen LogP contribution in [-0.2, 0) is 37.4 Å². The summed E-state index contributed by atoms with van der Waals surface area (Å²) in [6.07, 6.45) is 12.8. The summed E-state index contributed by atoms with van der Waals surface area (Å²) in [4.78, 5) is 0. The van der Waals surface area contributed by atoms with Gasteiger partial charge in [-0.1, -0.05) is 48.0 Å². The minimum Gasteiger partial charge on any atom is -0.371 e. The van der Waals surface area contributed by atoms with Gasteiger partial charge in [0.2, 0.25) is 0 Å². The summed E-state index contributed by atoms with van der Waals surface area (Å²) in [5.74, 6) is 1.51. The highest BCUT2D eigenvalue weighted by atomic mass is 32.3. The van der Waals surface area contributed by atoms with Crippen molar-refractivity contribution in [3.8, 4) is 11.5 Å². The Hall–Kier alpha value is -1.40. The van der Waals surface area contributed by atoms with E-state index < -0.39 is 26.2 Å². The first-order chi connectivity index (χ1) is 21.6. The molecule has 3 unspecified atom stereocenters. The number of benzene rings is 1. The van der Waals surface area contributed by atoms with E-state index in [0.29, 0.717) is 35.3 Å². The zero-order valence-electron chi connectivity index (χ0n) is 29.1. The molecule has 11 heteroatoms. The predicted molar refractivity (Wildman–Crippen MR) is 178 cm³/mol. The lowest BCUT2D eigenvalue weighted by molar-refractivity contribution is -0.179. The first-order valence-electron chi connectivity index (χ1n) is 17.7. The van der Waals surface area contributed by atoms with Gasteiger partial charge in [0.05, 0.1) is 11.7 Å². The zero-order valence-corrected chi connectivity index (χ0v) is 30.7. The maximum absolute atomic E-state index is 11.9. The van der Waals surface area contributed by atoms with Gasteiger partial charge >= 0.3 is 20.8 Å². The molecule has 264 valence electrons. The molecule has 2 N–H and O–H groups in total. The molecule has 0 spiro atoms. The number of rotatable bonds is 5. The molecule has 10 atom stereocenters. The van der Waals surface area contributed by atoms with Crippen molar-refractivity contribution in [2.45, 2.75) is 143 Å². The van der Waals surface area contributed by atoms with Gasteiger partial charge in [-0.25, -0.2) is 0 Å². The highest BCUT2D eigenvalue weighted by molar-refractivity contribution is 7.81. The van der Waals surface area contributed by atoms with E-state index in [9.17, 15) is 25.9 Å². The summed E-state index contributed by atoms with van der Waals surface area (Å²) >= 11 is 0. The summed E-state index contributed by atoms with van der Waals surface area (Å²) < 4.78 is 84.2. The van der Waals surface area contributed by atoms with Gasteiger partial charge in [-0.05, 0) is 135 Å². The van der Waals surface area contributed by atoms with E-state index in [1.54, 1.807) is 0 Å². The van der Waals surface area contributed by atoms with Crippen molar-refractivity contribution in [3.63, 3.8) is 0 Å². The van der Waals surface area contributed by atoms with Gasteiger partial charge in [0, 0.05) is 16.5 Å². The van der Waals surface area contributed by atoms with Gasteiger partial charge in [-0.15, -0.1) is 0 Å². The molecule has 1 aliphatic heterocycles. The van der Waals surface area contributed by atoms with E-state index in [1.807, 2.05) is 0 Å². The molecule has 0 amide bonds. The van der Waals surface area contributed by atoms with Crippen LogP contribution in [0.3, 0.4) is 0 Å². The van der Waals surface area contributed by atoms with Gasteiger partial charge < -0.3 is 13.1 Å². The fraction of sp³-hybridized carbons (Fsp3) is 0.833. The van der Waals surface area contributed by atoms with E-state index in [1.165, 1.54) is 37.8 Å². The summed E-state index contributed by atoms with van der Waals surface area (Å²) in [5.41, 5.74) is 0.787. The number of fused-ring (bicyclic) bond motifs is 7. The highest BCUT2D eigenvalue weighted by Gasteiger charge is 2.69. The first-order valence-corrected chi connectivity index (χ1v) is 20.5. The Balaban J connectivity index is 1.24. The fourth-order valence-corrected chi connectivity index (χ4v) is 14.2. The molecule has 47 heavy (non-hydrogen) atoms. The molecule has 0 bridgehead atoms. The fourth-order valence-electron chi connectivity index (χ4n) is 13.5. The van der Waals surface area contributed by atoms with Crippen molar-refractivity contribution in [2.75, 3.05) is 0 Å². The number of hydrogen-bond acceptors (Lipinski definition) is 7. The predicted octanol–water partition coefficient (Wildman–Crippen LogP) is 7.88. The second kappa shape index (κ2) is 10.3. The topological polar surface area (TPSA) is 136 Å². The Morgan fingerprint density at radius 1 is 0.702 bits per heavy atom. The molecule has 4 saturated carbocycles. The quantitative estimate of drug-likeness (QED) is 0.295. The molecule has 0 aromatic heterocycles. The lowest BCUT2D eigenvalue weighted by atomic mass is 9.48. The van der Waals surface area contributed by atoms with E-state index in [-0.39, 0.29) is 50.8 Å². The average Bonchev–Trinajstić information content (AvgIpc) is 3.49. The summed E-state index contributed by atoms with van der Waals surface area (Å²) in [6, 6.07) is 2.62. The molecule has 7 rings (SSSR count). The van der Waals surface area contributed by atoms with Gasteiger partial charge in [-0.2, -0.15) is 16.8 Å². The van der Waals surface area contributed by atoms with Crippen molar-refractivity contribution in [3.05, 3.63) is 23.3 Å². The second-order valence-electron chi connectivity index (χ2n) is 18.1. The van der Waals surface area contributed by atoms with Crippen LogP contribution in [0, 0.1) is 45.3 Å². The minimum absolute atomic E-state index is 0.0154. The molecule has 9 nitrogen and oxygen atoms in total. The van der Waals surface area contributed by atoms with Crippen LogP contribution in [0.5, 0.6) is 11.5 Å². The normalized spacial score (nSPS) is 45.6. The van der Waals surface area contributed by atoms with Crippen molar-refractivity contribution in [2.24, 2.45) is 45.3 Å². The molecule has 1 aromatic rings. The van der Waals surface area contributed by atoms with Crippen LogP contribution >= 0.6 is 0 Å². The third kappa shape index (κ3) is 4.97. The summed E-state index contributed by atoms with van der Waals surface area (Å²) in [5, 5.41) is 0. The standard InChI is InChI=1S/C36H54O9S2/c1-31(2)15-8-16-36(7)27(31)13-19-35(6)29(43-36)14-20-34(35,5)24-12-17-32(3)23(24)11-18-33(4)28(32)21-22-25(44-46(37,38)39)9-10-26(30(22)33)45-47(40,41)42/h9-10,23-24,27-29H,8,11-21H2,1-7H3,(H,37,38,39)(H,40,41,42)/t23?,24?,27-,28?,29-,32+,33-,34+,35+,36-/m0/s1. The molecule has 1 heterocycles. The van der Waals surface area contributed by atoms with Gasteiger partial charge in [0.15, 0.2) is 0 Å². The van der Waals surface area contributed by atoms with Crippen molar-refractivity contribution >= 4 is 20.8 Å². The molecule has 6 aliphatic rings. The molecule has 1 saturated heterocycles. The third-order valence-corrected chi connectivity index (χ3v) is 16.5. The van der Waals surface area contributed by atoms with Crippen molar-refractivity contribution in [1.82, 2.24) is 0 Å². The maximum atomic E-state index is 11.9. The molecule has 0 radical (unpaired) electrons. The Bertz CT molecular complexity index is 1690. The summed E-state index contributed by atoms with van der Waals surface area (Å²) in [7, 11) is -9.65. The van der Waals surface area contributed by atoms with Crippen molar-refractivity contribution < 1.29 is 39.0 Å². The Morgan fingerprint density at radius 2 is 1.32 bits per heavy atom. The highest BCUT2D eigenvalue weighted by Crippen LogP contribution is 2.74. The van der Waals surface area contributed by atoms with Crippen LogP contribution < -0.4 is 8.37 Å². The van der Waals surface area contributed by atoms with E-state index >= 15 is 0 Å². The van der Waals surface area contributed by atoms with Crippen molar-refractivity contribution in [1.29, 1.82) is 0 Å². The smallest absolute Gasteiger partial charge is 0.371 e. The Kier molecular flexibility index (Phi) is 7.49.